The van der Waals surface area contributed by atoms with Gasteiger partial charge in [0.05, 0.1) is 32.8 Å². The Balaban J connectivity index is 1.81. The predicted octanol–water partition coefficient (Wildman–Crippen LogP) is 7.15. The predicted molar refractivity (Wildman–Crippen MR) is 147 cm³/mol. The van der Waals surface area contributed by atoms with Gasteiger partial charge in [0.25, 0.3) is 7.82 Å². The third-order valence-electron chi connectivity index (χ3n) is 7.21. The van der Waals surface area contributed by atoms with E-state index in [1.165, 1.54) is 101 Å². The first-order valence-electron chi connectivity index (χ1n) is 15.1. The van der Waals surface area contributed by atoms with E-state index in [1.807, 2.05) is 0 Å². The van der Waals surface area contributed by atoms with Crippen LogP contribution >= 0.6 is 7.82 Å². The summed E-state index contributed by atoms with van der Waals surface area (Å²) in [7, 11) is -2.01. The summed E-state index contributed by atoms with van der Waals surface area (Å²) in [5.74, 6) is 0. The molecular weight excluding hydrogens is 457 g/mol. The maximum atomic E-state index is 12.1. The van der Waals surface area contributed by atoms with Crippen LogP contribution in [-0.4, -0.2) is 32.8 Å². The first-order chi connectivity index (χ1) is 17.0. The monoisotopic (exact) mass is 515 g/mol. The zero-order valence-electron chi connectivity index (χ0n) is 23.3. The van der Waals surface area contributed by atoms with Gasteiger partial charge in [-0.05, 0) is 44.9 Å². The van der Waals surface area contributed by atoms with Gasteiger partial charge in [0.15, 0.2) is 0 Å². The molecule has 1 saturated heterocycles. The number of likely N-dealkylation sites (tertiary alicyclic amines) is 1. The maximum Gasteiger partial charge on any atom is 0.268 e. The number of phosphoric ester groups is 1. The number of hydrogen-bond donors (Lipinski definition) is 1. The second kappa shape index (κ2) is 23.0. The fraction of sp³-hybridized carbons (Fsp3) is 0.931. The topological polar surface area (TPSA) is 63.0 Å². The molecule has 1 rings (SSSR count). The number of phosphoric acid groups is 1. The smallest absolute Gasteiger partial charge is 0.268 e. The maximum absolute atomic E-state index is 12.1. The minimum atomic E-state index is -4.16. The molecule has 1 N–H and O–H groups in total. The van der Waals surface area contributed by atoms with Crippen LogP contribution in [0.25, 0.3) is 0 Å². The van der Waals surface area contributed by atoms with Gasteiger partial charge in [-0.2, -0.15) is 0 Å². The van der Waals surface area contributed by atoms with Crippen molar-refractivity contribution < 1.29 is 23.4 Å². The lowest BCUT2D eigenvalue weighted by Crippen LogP contribution is -3.08. The Morgan fingerprint density at radius 3 is 1.86 bits per heavy atom. The second-order valence-electron chi connectivity index (χ2n) is 10.7. The van der Waals surface area contributed by atoms with Gasteiger partial charge in [-0.3, -0.25) is 4.57 Å². The van der Waals surface area contributed by atoms with E-state index in [-0.39, 0.29) is 12.7 Å². The number of quaternary nitrogens is 1. The molecule has 0 bridgehead atoms. The number of hydrogen-bond acceptors (Lipinski definition) is 4. The standard InChI is InChI=1S/C29H58NO4P/c1-3-4-5-6-7-8-9-10-11-12-13-14-15-16-17-18-19-20-21-22-28-33-35(31,32)34-29-24-23-26-30(2)27-25-29/h10-11,29H,3-9,12-28H2,1-2H3,(H,31,32)/b11-10-. The Hall–Kier alpha value is -0.190. The van der Waals surface area contributed by atoms with E-state index >= 15 is 0 Å². The molecule has 6 heteroatoms. The first kappa shape index (κ1) is 32.8. The number of unbranched alkanes of at least 4 members (excludes halogenated alkanes) is 16. The van der Waals surface area contributed by atoms with Crippen LogP contribution in [0, 0.1) is 0 Å². The molecule has 0 saturated carbocycles. The fourth-order valence-corrected chi connectivity index (χ4v) is 5.85. The fourth-order valence-electron chi connectivity index (χ4n) is 4.86. The van der Waals surface area contributed by atoms with Gasteiger partial charge >= 0.3 is 0 Å². The Morgan fingerprint density at radius 2 is 1.29 bits per heavy atom. The SMILES string of the molecule is CCCCCCCC/C=C\CCCCCCCCCCCCOP(=O)([O-])OC1CCC[NH+](C)CC1. The van der Waals surface area contributed by atoms with Crippen molar-refractivity contribution in [1.29, 1.82) is 0 Å². The lowest BCUT2D eigenvalue weighted by Gasteiger charge is -2.27. The van der Waals surface area contributed by atoms with E-state index in [0.717, 1.165) is 51.6 Å². The molecule has 0 amide bonds. The van der Waals surface area contributed by atoms with Crippen LogP contribution in [0.15, 0.2) is 12.2 Å². The van der Waals surface area contributed by atoms with Gasteiger partial charge in [0.1, 0.15) is 0 Å². The Labute approximate surface area is 218 Å². The van der Waals surface area contributed by atoms with Crippen LogP contribution in [0.2, 0.25) is 0 Å². The summed E-state index contributed by atoms with van der Waals surface area (Å²) < 4.78 is 22.5. The normalized spacial score (nSPS) is 20.8. The van der Waals surface area contributed by atoms with Crippen molar-refractivity contribution in [3.8, 4) is 0 Å². The van der Waals surface area contributed by atoms with Gasteiger partial charge in [-0.15, -0.1) is 0 Å². The molecule has 0 aromatic heterocycles. The zero-order chi connectivity index (χ0) is 25.5. The molecule has 1 aliphatic rings. The average molecular weight is 516 g/mol. The minimum Gasteiger partial charge on any atom is -0.756 e. The molecule has 0 aromatic carbocycles. The highest BCUT2D eigenvalue weighted by Gasteiger charge is 2.22. The van der Waals surface area contributed by atoms with Crippen molar-refractivity contribution in [3.05, 3.63) is 12.2 Å². The molecule has 1 aliphatic heterocycles. The summed E-state index contributed by atoms with van der Waals surface area (Å²) in [6.45, 7) is 4.57. The van der Waals surface area contributed by atoms with Crippen LogP contribution in [-0.2, 0) is 13.6 Å². The Kier molecular flexibility index (Phi) is 21.5. The lowest BCUT2D eigenvalue weighted by molar-refractivity contribution is -0.878. The van der Waals surface area contributed by atoms with Crippen molar-refractivity contribution in [2.75, 3.05) is 26.7 Å². The molecular formula is C29H58NO4P. The summed E-state index contributed by atoms with van der Waals surface area (Å²) in [6.07, 6.45) is 30.3. The number of nitrogens with one attached hydrogen (secondary N) is 1. The minimum absolute atomic E-state index is 0.206. The van der Waals surface area contributed by atoms with Crippen molar-refractivity contribution in [1.82, 2.24) is 0 Å². The zero-order valence-corrected chi connectivity index (χ0v) is 24.2. The highest BCUT2D eigenvalue weighted by molar-refractivity contribution is 7.45. The molecule has 0 radical (unpaired) electrons. The van der Waals surface area contributed by atoms with E-state index in [4.69, 9.17) is 9.05 Å². The summed E-state index contributed by atoms with van der Waals surface area (Å²) in [4.78, 5) is 13.5. The van der Waals surface area contributed by atoms with Crippen LogP contribution in [0.4, 0.5) is 0 Å². The van der Waals surface area contributed by atoms with Gasteiger partial charge in [-0.1, -0.05) is 103 Å². The Morgan fingerprint density at radius 1 is 0.771 bits per heavy atom. The summed E-state index contributed by atoms with van der Waals surface area (Å²) in [6, 6.07) is 0. The molecule has 35 heavy (non-hydrogen) atoms. The van der Waals surface area contributed by atoms with Crippen LogP contribution in [0.5, 0.6) is 0 Å². The van der Waals surface area contributed by atoms with Crippen LogP contribution in [0.3, 0.4) is 0 Å². The van der Waals surface area contributed by atoms with E-state index in [0.29, 0.717) is 0 Å². The first-order valence-corrected chi connectivity index (χ1v) is 16.6. The van der Waals surface area contributed by atoms with Gasteiger partial charge in [0, 0.05) is 6.42 Å². The number of allylic oxidation sites excluding steroid dienone is 2. The summed E-state index contributed by atoms with van der Waals surface area (Å²) >= 11 is 0. The highest BCUT2D eigenvalue weighted by atomic mass is 31.2. The van der Waals surface area contributed by atoms with Gasteiger partial charge in [-0.25, -0.2) is 0 Å². The number of rotatable bonds is 23. The summed E-state index contributed by atoms with van der Waals surface area (Å²) in [5, 5.41) is 0. The van der Waals surface area contributed by atoms with Gasteiger partial charge < -0.3 is 18.8 Å². The van der Waals surface area contributed by atoms with E-state index in [9.17, 15) is 9.46 Å². The molecule has 1 heterocycles. The molecule has 0 aliphatic carbocycles. The van der Waals surface area contributed by atoms with Gasteiger partial charge in [0.2, 0.25) is 0 Å². The molecule has 208 valence electrons. The van der Waals surface area contributed by atoms with Crippen molar-refractivity contribution in [3.63, 3.8) is 0 Å². The molecule has 5 nitrogen and oxygen atoms in total. The van der Waals surface area contributed by atoms with E-state index in [2.05, 4.69) is 26.1 Å². The Bertz CT molecular complexity index is 543. The molecule has 3 atom stereocenters. The lowest BCUT2D eigenvalue weighted by atomic mass is 10.1. The average Bonchev–Trinajstić information content (AvgIpc) is 3.03. The quantitative estimate of drug-likeness (QED) is 0.0891. The van der Waals surface area contributed by atoms with E-state index in [1.54, 1.807) is 0 Å². The highest BCUT2D eigenvalue weighted by Crippen LogP contribution is 2.41. The third-order valence-corrected chi connectivity index (χ3v) is 8.26. The van der Waals surface area contributed by atoms with Crippen molar-refractivity contribution >= 4 is 7.82 Å². The second-order valence-corrected chi connectivity index (χ2v) is 12.1. The summed E-state index contributed by atoms with van der Waals surface area (Å²) in [5.41, 5.74) is 0. The molecule has 0 spiro atoms. The third kappa shape index (κ3) is 21.6. The molecule has 1 fully saturated rings. The largest absolute Gasteiger partial charge is 0.756 e. The van der Waals surface area contributed by atoms with Crippen molar-refractivity contribution in [2.24, 2.45) is 0 Å². The van der Waals surface area contributed by atoms with Crippen molar-refractivity contribution in [2.45, 2.75) is 148 Å². The molecule has 0 aromatic rings. The molecule has 3 unspecified atom stereocenters. The van der Waals surface area contributed by atoms with E-state index < -0.39 is 7.82 Å². The van der Waals surface area contributed by atoms with Crippen LogP contribution in [0.1, 0.15) is 142 Å². The van der Waals surface area contributed by atoms with Crippen LogP contribution < -0.4 is 9.79 Å².